The lowest BCUT2D eigenvalue weighted by Crippen LogP contribution is -2.38. The number of Topliss-reactive ketones (excluding diaryl/α,β-unsaturated/α-hetero) is 1. The van der Waals surface area contributed by atoms with E-state index in [-0.39, 0.29) is 17.9 Å². The van der Waals surface area contributed by atoms with E-state index < -0.39 is 11.2 Å². The Kier molecular flexibility index (Phi) is 3.18. The smallest absolute Gasteiger partial charge is 0.313 e. The third-order valence-corrected chi connectivity index (χ3v) is 2.46. The fraction of sp³-hybridized carbons (Fsp3) is 0.300. The van der Waals surface area contributed by atoms with Gasteiger partial charge in [-0.15, -0.1) is 5.10 Å². The minimum absolute atomic E-state index is 0.0341. The van der Waals surface area contributed by atoms with E-state index in [0.29, 0.717) is 6.54 Å². The Morgan fingerprint density at radius 1 is 1.39 bits per heavy atom. The lowest BCUT2D eigenvalue weighted by Gasteiger charge is -2.05. The zero-order valence-corrected chi connectivity index (χ0v) is 9.66. The molecule has 0 saturated heterocycles. The molecule has 2 aromatic rings. The van der Waals surface area contributed by atoms with Gasteiger partial charge >= 0.3 is 5.69 Å². The summed E-state index contributed by atoms with van der Waals surface area (Å²) in [5, 5.41) is 7.33. The second-order valence-electron chi connectivity index (χ2n) is 3.69. The topological polar surface area (TPSA) is 103 Å². The third kappa shape index (κ3) is 2.26. The highest BCUT2D eigenvalue weighted by Crippen LogP contribution is 1.89. The molecule has 8 heteroatoms. The average Bonchev–Trinajstić information content (AvgIpc) is 2.81. The highest BCUT2D eigenvalue weighted by molar-refractivity contribution is 5.93. The first-order valence-electron chi connectivity index (χ1n) is 5.27. The maximum atomic E-state index is 11.9. The van der Waals surface area contributed by atoms with Gasteiger partial charge in [-0.2, -0.15) is 0 Å². The van der Waals surface area contributed by atoms with Crippen molar-refractivity contribution in [2.24, 2.45) is 0 Å². The predicted octanol–water partition coefficient (Wildman–Crippen LogP) is -0.969. The number of hydrogen-bond donors (Lipinski definition) is 1. The molecule has 0 fully saturated rings. The first-order valence-corrected chi connectivity index (χ1v) is 5.27. The maximum absolute atomic E-state index is 11.9. The number of aromatic amines is 1. The number of ketones is 1. The van der Waals surface area contributed by atoms with Crippen LogP contribution in [0.1, 0.15) is 17.3 Å². The summed E-state index contributed by atoms with van der Waals surface area (Å²) >= 11 is 0. The summed E-state index contributed by atoms with van der Waals surface area (Å²) in [4.78, 5) is 37.0. The maximum Gasteiger partial charge on any atom is 0.328 e. The monoisotopic (exact) mass is 249 g/mol. The van der Waals surface area contributed by atoms with Crippen molar-refractivity contribution < 1.29 is 4.79 Å². The third-order valence-electron chi connectivity index (χ3n) is 2.46. The molecule has 0 radical (unpaired) electrons. The molecule has 18 heavy (non-hydrogen) atoms. The molecule has 2 heterocycles. The second kappa shape index (κ2) is 4.78. The van der Waals surface area contributed by atoms with Gasteiger partial charge < -0.3 is 4.98 Å². The lowest BCUT2D eigenvalue weighted by molar-refractivity contribution is 0.101. The molecule has 0 aliphatic rings. The minimum Gasteiger partial charge on any atom is -0.313 e. The van der Waals surface area contributed by atoms with Gasteiger partial charge in [-0.3, -0.25) is 18.8 Å². The number of aromatic nitrogens is 5. The van der Waals surface area contributed by atoms with Crippen LogP contribution in [0.5, 0.6) is 0 Å². The van der Waals surface area contributed by atoms with Gasteiger partial charge in [-0.1, -0.05) is 5.21 Å². The van der Waals surface area contributed by atoms with Crippen LogP contribution in [0.25, 0.3) is 0 Å². The number of rotatable bonds is 4. The molecule has 0 unspecified atom stereocenters. The average molecular weight is 249 g/mol. The van der Waals surface area contributed by atoms with Crippen LogP contribution >= 0.6 is 0 Å². The summed E-state index contributed by atoms with van der Waals surface area (Å²) in [7, 11) is 0. The largest absolute Gasteiger partial charge is 0.328 e. The summed E-state index contributed by atoms with van der Waals surface area (Å²) < 4.78 is 2.46. The number of carbonyl (C=O) groups excluding carboxylic acids is 1. The molecule has 0 aromatic carbocycles. The van der Waals surface area contributed by atoms with E-state index in [1.807, 2.05) is 0 Å². The van der Waals surface area contributed by atoms with Crippen LogP contribution in [0.3, 0.4) is 0 Å². The van der Waals surface area contributed by atoms with E-state index in [2.05, 4.69) is 15.3 Å². The van der Waals surface area contributed by atoms with E-state index in [4.69, 9.17) is 0 Å². The quantitative estimate of drug-likeness (QED) is 0.702. The van der Waals surface area contributed by atoms with Gasteiger partial charge in [0.05, 0.1) is 24.8 Å². The van der Waals surface area contributed by atoms with Crippen LogP contribution in [0.4, 0.5) is 0 Å². The van der Waals surface area contributed by atoms with Gasteiger partial charge in [0, 0.05) is 12.4 Å². The highest BCUT2D eigenvalue weighted by Gasteiger charge is 2.10. The van der Waals surface area contributed by atoms with Crippen molar-refractivity contribution in [2.45, 2.75) is 20.0 Å². The lowest BCUT2D eigenvalue weighted by atomic mass is 10.2. The van der Waals surface area contributed by atoms with Gasteiger partial charge in [-0.25, -0.2) is 4.79 Å². The van der Waals surface area contributed by atoms with Gasteiger partial charge in [0.1, 0.15) is 0 Å². The zero-order valence-electron chi connectivity index (χ0n) is 9.66. The Morgan fingerprint density at radius 3 is 2.78 bits per heavy atom. The van der Waals surface area contributed by atoms with Gasteiger partial charge in [-0.05, 0) is 6.92 Å². The van der Waals surface area contributed by atoms with E-state index in [1.54, 1.807) is 6.20 Å². The van der Waals surface area contributed by atoms with Gasteiger partial charge in [0.15, 0.2) is 5.78 Å². The normalized spacial score (nSPS) is 10.5. The number of aryl methyl sites for hydroxylation is 1. The fourth-order valence-electron chi connectivity index (χ4n) is 1.52. The molecule has 2 aromatic heterocycles. The highest BCUT2D eigenvalue weighted by atomic mass is 16.2. The van der Waals surface area contributed by atoms with Crippen LogP contribution in [-0.2, 0) is 13.1 Å². The molecule has 0 aliphatic heterocycles. The summed E-state index contributed by atoms with van der Waals surface area (Å²) in [6.45, 7) is 1.72. The molecular weight excluding hydrogens is 238 g/mol. The number of hydrogen-bond acceptors (Lipinski definition) is 5. The summed E-state index contributed by atoms with van der Waals surface area (Å²) in [5.74, 6) is -0.384. The van der Waals surface area contributed by atoms with Crippen molar-refractivity contribution in [3.05, 3.63) is 45.0 Å². The molecule has 8 nitrogen and oxygen atoms in total. The molecule has 0 bridgehead atoms. The Labute approximate surface area is 101 Å². The van der Waals surface area contributed by atoms with E-state index in [1.165, 1.54) is 17.8 Å². The van der Waals surface area contributed by atoms with Crippen LogP contribution in [0.15, 0.2) is 28.2 Å². The van der Waals surface area contributed by atoms with Crippen LogP contribution in [-0.4, -0.2) is 30.3 Å². The molecule has 0 saturated carbocycles. The van der Waals surface area contributed by atoms with Crippen molar-refractivity contribution in [1.29, 1.82) is 0 Å². The first-order chi connectivity index (χ1) is 8.59. The Bertz CT molecular complexity index is 668. The molecule has 94 valence electrons. The Hall–Kier alpha value is -2.51. The SMILES string of the molecule is CC(=O)c1c[nH]c(=O)n(CCn2ccnn2)c1=O. The number of nitrogens with one attached hydrogen (secondary N) is 1. The van der Waals surface area contributed by atoms with Crippen molar-refractivity contribution in [3.63, 3.8) is 0 Å². The molecule has 0 amide bonds. The molecule has 0 aliphatic carbocycles. The number of H-pyrrole nitrogens is 1. The van der Waals surface area contributed by atoms with E-state index in [9.17, 15) is 14.4 Å². The second-order valence-corrected chi connectivity index (χ2v) is 3.69. The number of carbonyl (C=O) groups is 1. The van der Waals surface area contributed by atoms with Crippen molar-refractivity contribution in [1.82, 2.24) is 24.5 Å². The van der Waals surface area contributed by atoms with E-state index in [0.717, 1.165) is 10.8 Å². The van der Waals surface area contributed by atoms with Crippen LogP contribution < -0.4 is 11.2 Å². The van der Waals surface area contributed by atoms with Crippen molar-refractivity contribution in [3.8, 4) is 0 Å². The summed E-state index contributed by atoms with van der Waals surface area (Å²) in [5.41, 5.74) is -1.18. The fourth-order valence-corrected chi connectivity index (χ4v) is 1.52. The van der Waals surface area contributed by atoms with Crippen molar-refractivity contribution >= 4 is 5.78 Å². The van der Waals surface area contributed by atoms with Gasteiger partial charge in [0.2, 0.25) is 0 Å². The Balaban J connectivity index is 2.32. The molecular formula is C10H11N5O3. The van der Waals surface area contributed by atoms with Crippen LogP contribution in [0, 0.1) is 0 Å². The van der Waals surface area contributed by atoms with E-state index >= 15 is 0 Å². The predicted molar refractivity (Wildman–Crippen MR) is 61.3 cm³/mol. The molecule has 1 N–H and O–H groups in total. The van der Waals surface area contributed by atoms with Gasteiger partial charge in [0.25, 0.3) is 5.56 Å². The Morgan fingerprint density at radius 2 is 2.17 bits per heavy atom. The van der Waals surface area contributed by atoms with Crippen molar-refractivity contribution in [2.75, 3.05) is 0 Å². The molecule has 0 atom stereocenters. The molecule has 2 rings (SSSR count). The minimum atomic E-state index is -0.591. The standard InChI is InChI=1S/C10H11N5O3/c1-7(16)8-6-11-10(18)15(9(8)17)5-4-14-3-2-12-13-14/h2-3,6H,4-5H2,1H3,(H,11,18). The van der Waals surface area contributed by atoms with Crippen LogP contribution in [0.2, 0.25) is 0 Å². The zero-order chi connectivity index (χ0) is 13.1. The summed E-state index contributed by atoms with van der Waals surface area (Å²) in [6, 6.07) is 0. The molecule has 0 spiro atoms. The first kappa shape index (κ1) is 12.0. The number of nitrogens with zero attached hydrogens (tertiary/aromatic N) is 4. The summed E-state index contributed by atoms with van der Waals surface area (Å²) in [6.07, 6.45) is 4.26.